The van der Waals surface area contributed by atoms with Crippen molar-refractivity contribution in [2.75, 3.05) is 25.1 Å². The normalized spacial score (nSPS) is 18.7. The fraction of sp³-hybridized carbons (Fsp3) is 0.583. The molecule has 176 valence electrons. The van der Waals surface area contributed by atoms with E-state index >= 15 is 0 Å². The summed E-state index contributed by atoms with van der Waals surface area (Å²) < 4.78 is 26.4. The summed E-state index contributed by atoms with van der Waals surface area (Å²) in [5.41, 5.74) is 3.50. The number of rotatable bonds is 11. The lowest BCUT2D eigenvalue weighted by Gasteiger charge is -2.31. The van der Waals surface area contributed by atoms with Crippen LogP contribution < -0.4 is 10.1 Å². The monoisotopic (exact) mass is 481 g/mol. The summed E-state index contributed by atoms with van der Waals surface area (Å²) in [7, 11) is 2.33. The van der Waals surface area contributed by atoms with Crippen LogP contribution in [0.2, 0.25) is 5.28 Å². The Balaban J connectivity index is 1.78. The number of aromatic nitrogens is 2. The third-order valence-corrected chi connectivity index (χ3v) is 6.51. The molecule has 2 heterocycles. The van der Waals surface area contributed by atoms with Crippen molar-refractivity contribution in [3.05, 3.63) is 45.9 Å². The number of para-hydroxylation sites is 1. The largest absolute Gasteiger partial charge is 0.493 e. The molecule has 0 bridgehead atoms. The SMILES string of the molecule is CCCOCCCCc1nc(Cl)nc(NC(C)c2cccc3c2OCCC3(F)P)c1CC. The van der Waals surface area contributed by atoms with Gasteiger partial charge in [-0.15, -0.1) is 0 Å². The van der Waals surface area contributed by atoms with E-state index in [2.05, 4.69) is 38.4 Å². The molecular weight excluding hydrogens is 448 g/mol. The summed E-state index contributed by atoms with van der Waals surface area (Å²) in [5.74, 6) is 1.34. The molecule has 3 rings (SSSR count). The molecule has 5 nitrogen and oxygen atoms in total. The van der Waals surface area contributed by atoms with Crippen LogP contribution in [-0.2, 0) is 23.0 Å². The highest BCUT2D eigenvalue weighted by Gasteiger charge is 2.35. The maximum absolute atomic E-state index is 15.0. The van der Waals surface area contributed by atoms with Crippen molar-refractivity contribution in [3.63, 3.8) is 0 Å². The molecule has 3 atom stereocenters. The zero-order valence-corrected chi connectivity index (χ0v) is 21.1. The second-order valence-electron chi connectivity index (χ2n) is 8.24. The van der Waals surface area contributed by atoms with Gasteiger partial charge in [-0.3, -0.25) is 0 Å². The van der Waals surface area contributed by atoms with Crippen molar-refractivity contribution in [2.45, 2.75) is 70.7 Å². The van der Waals surface area contributed by atoms with Crippen molar-refractivity contribution in [2.24, 2.45) is 0 Å². The number of benzene rings is 1. The predicted molar refractivity (Wildman–Crippen MR) is 132 cm³/mol. The van der Waals surface area contributed by atoms with E-state index in [-0.39, 0.29) is 11.3 Å². The molecule has 0 radical (unpaired) electrons. The van der Waals surface area contributed by atoms with Gasteiger partial charge < -0.3 is 14.8 Å². The summed E-state index contributed by atoms with van der Waals surface area (Å²) in [6.07, 6.45) is 4.93. The number of fused-ring (bicyclic) bond motifs is 1. The van der Waals surface area contributed by atoms with E-state index in [9.17, 15) is 4.39 Å². The van der Waals surface area contributed by atoms with E-state index in [4.69, 9.17) is 21.1 Å². The fourth-order valence-electron chi connectivity index (χ4n) is 4.04. The summed E-state index contributed by atoms with van der Waals surface area (Å²) in [6, 6.07) is 5.49. The lowest BCUT2D eigenvalue weighted by atomic mass is 9.96. The van der Waals surface area contributed by atoms with Crippen LogP contribution in [0.4, 0.5) is 10.2 Å². The van der Waals surface area contributed by atoms with Gasteiger partial charge in [0.15, 0.2) is 5.41 Å². The number of unbranched alkanes of at least 4 members (excludes halogenated alkanes) is 1. The lowest BCUT2D eigenvalue weighted by Crippen LogP contribution is -2.24. The number of ether oxygens (including phenoxy) is 2. The Hall–Kier alpha value is -1.49. The van der Waals surface area contributed by atoms with E-state index in [0.29, 0.717) is 24.3 Å². The van der Waals surface area contributed by atoms with Crippen molar-refractivity contribution in [3.8, 4) is 5.75 Å². The Kier molecular flexibility index (Phi) is 9.10. The molecule has 2 aromatic rings. The van der Waals surface area contributed by atoms with E-state index in [1.807, 2.05) is 19.1 Å². The molecule has 0 saturated heterocycles. The molecule has 0 saturated carbocycles. The van der Waals surface area contributed by atoms with Gasteiger partial charge in [0.2, 0.25) is 5.28 Å². The van der Waals surface area contributed by atoms with Crippen LogP contribution in [0.5, 0.6) is 5.75 Å². The van der Waals surface area contributed by atoms with Gasteiger partial charge in [0.25, 0.3) is 0 Å². The third-order valence-electron chi connectivity index (χ3n) is 5.75. The Bertz CT molecular complexity index is 913. The topological polar surface area (TPSA) is 56.3 Å². The number of nitrogens with zero attached hydrogens (tertiary/aromatic N) is 2. The quantitative estimate of drug-likeness (QED) is 0.229. The van der Waals surface area contributed by atoms with E-state index in [1.165, 1.54) is 0 Å². The minimum atomic E-state index is -1.47. The highest BCUT2D eigenvalue weighted by atomic mass is 35.5. The zero-order chi connectivity index (χ0) is 23.1. The average molecular weight is 482 g/mol. The van der Waals surface area contributed by atoms with Gasteiger partial charge in [-0.25, -0.2) is 14.4 Å². The summed E-state index contributed by atoms with van der Waals surface area (Å²) in [5, 5.41) is 2.25. The first-order valence-corrected chi connectivity index (χ1v) is 12.5. The summed E-state index contributed by atoms with van der Waals surface area (Å²) in [4.78, 5) is 8.98. The Morgan fingerprint density at radius 3 is 2.84 bits per heavy atom. The third kappa shape index (κ3) is 6.09. The number of hydrogen-bond donors (Lipinski definition) is 1. The number of aryl methyl sites for hydroxylation is 1. The van der Waals surface area contributed by atoms with Crippen LogP contribution in [0.1, 0.15) is 74.9 Å². The van der Waals surface area contributed by atoms with Crippen LogP contribution in [0.15, 0.2) is 18.2 Å². The standard InChI is InChI=1S/C24H34ClFN3O2P/c1-4-13-30-14-7-6-11-20-17(5-2)22(29-23(25)28-20)27-16(3)18-9-8-10-19-21(18)31-15-12-24(19,26)32/h8-10,16H,4-7,11-15,32H2,1-3H3,(H,27,28,29). The first-order valence-electron chi connectivity index (χ1n) is 11.5. The van der Waals surface area contributed by atoms with Gasteiger partial charge in [0, 0.05) is 36.3 Å². The van der Waals surface area contributed by atoms with Crippen molar-refractivity contribution in [1.82, 2.24) is 9.97 Å². The molecule has 1 aromatic carbocycles. The van der Waals surface area contributed by atoms with Crippen LogP contribution in [0.25, 0.3) is 0 Å². The lowest BCUT2D eigenvalue weighted by molar-refractivity contribution is 0.131. The molecule has 8 heteroatoms. The molecular formula is C24H34ClFN3O2P. The van der Waals surface area contributed by atoms with Crippen molar-refractivity contribution < 1.29 is 13.9 Å². The molecule has 1 aliphatic rings. The van der Waals surface area contributed by atoms with Crippen molar-refractivity contribution in [1.29, 1.82) is 0 Å². The molecule has 0 fully saturated rings. The summed E-state index contributed by atoms with van der Waals surface area (Å²) in [6.45, 7) is 8.15. The van der Waals surface area contributed by atoms with Gasteiger partial charge in [-0.1, -0.05) is 41.3 Å². The fourth-order valence-corrected chi connectivity index (χ4v) is 4.58. The Labute approximate surface area is 198 Å². The molecule has 1 N–H and O–H groups in total. The molecule has 3 unspecified atom stereocenters. The molecule has 32 heavy (non-hydrogen) atoms. The maximum Gasteiger partial charge on any atom is 0.224 e. The van der Waals surface area contributed by atoms with Crippen molar-refractivity contribution >= 4 is 26.7 Å². The number of anilines is 1. The highest BCUT2D eigenvalue weighted by molar-refractivity contribution is 7.18. The number of hydrogen-bond acceptors (Lipinski definition) is 5. The number of nitrogens with one attached hydrogen (secondary N) is 1. The second kappa shape index (κ2) is 11.6. The molecule has 0 spiro atoms. The molecule has 0 amide bonds. The van der Waals surface area contributed by atoms with Gasteiger partial charge >= 0.3 is 0 Å². The van der Waals surface area contributed by atoms with Gasteiger partial charge in [0.1, 0.15) is 11.6 Å². The average Bonchev–Trinajstić information content (AvgIpc) is 2.75. The van der Waals surface area contributed by atoms with E-state index < -0.39 is 5.41 Å². The Morgan fingerprint density at radius 1 is 1.28 bits per heavy atom. The van der Waals surface area contributed by atoms with Crippen LogP contribution in [-0.4, -0.2) is 29.8 Å². The first kappa shape index (κ1) is 25.1. The zero-order valence-electron chi connectivity index (χ0n) is 19.2. The highest BCUT2D eigenvalue weighted by Crippen LogP contribution is 2.47. The minimum Gasteiger partial charge on any atom is -0.493 e. The molecule has 0 aliphatic carbocycles. The smallest absolute Gasteiger partial charge is 0.224 e. The van der Waals surface area contributed by atoms with Gasteiger partial charge in [0.05, 0.1) is 18.3 Å². The molecule has 1 aliphatic heterocycles. The van der Waals surface area contributed by atoms with E-state index in [1.54, 1.807) is 6.07 Å². The van der Waals surface area contributed by atoms with E-state index in [0.717, 1.165) is 68.0 Å². The molecule has 1 aromatic heterocycles. The number of alkyl halides is 1. The van der Waals surface area contributed by atoms with Gasteiger partial charge in [-0.05, 0) is 50.6 Å². The summed E-state index contributed by atoms with van der Waals surface area (Å²) >= 11 is 6.28. The predicted octanol–water partition coefficient (Wildman–Crippen LogP) is 6.39. The van der Waals surface area contributed by atoms with Crippen LogP contribution in [0, 0.1) is 0 Å². The first-order chi connectivity index (χ1) is 15.4. The van der Waals surface area contributed by atoms with Crippen LogP contribution >= 0.6 is 20.8 Å². The van der Waals surface area contributed by atoms with Crippen LogP contribution in [0.3, 0.4) is 0 Å². The number of halogens is 2. The minimum absolute atomic E-state index is 0.143. The second-order valence-corrected chi connectivity index (χ2v) is 9.49. The van der Waals surface area contributed by atoms with Gasteiger partial charge in [-0.2, -0.15) is 0 Å². The maximum atomic E-state index is 15.0. The Morgan fingerprint density at radius 2 is 2.09 bits per heavy atom.